The number of rotatable bonds is 2. The maximum absolute atomic E-state index is 12.5. The molecule has 2 aliphatic rings. The summed E-state index contributed by atoms with van der Waals surface area (Å²) < 4.78 is 0.954. The summed E-state index contributed by atoms with van der Waals surface area (Å²) in [7, 11) is 0. The summed E-state index contributed by atoms with van der Waals surface area (Å²) >= 11 is 3.43. The monoisotopic (exact) mass is 327 g/mol. The molecule has 0 spiro atoms. The number of carbonyl (C=O) groups is 1. The second-order valence-electron chi connectivity index (χ2n) is 5.56. The van der Waals surface area contributed by atoms with Crippen LogP contribution in [0.15, 0.2) is 46.9 Å². The lowest BCUT2D eigenvalue weighted by Crippen LogP contribution is -2.22. The van der Waals surface area contributed by atoms with Gasteiger partial charge in [0, 0.05) is 15.7 Å². The summed E-state index contributed by atoms with van der Waals surface area (Å²) in [5.74, 6) is 0.854. The molecule has 0 unspecified atom stereocenters. The molecule has 1 aliphatic carbocycles. The van der Waals surface area contributed by atoms with Crippen LogP contribution in [0.2, 0.25) is 0 Å². The van der Waals surface area contributed by atoms with Crippen LogP contribution in [0.3, 0.4) is 0 Å². The van der Waals surface area contributed by atoms with E-state index in [-0.39, 0.29) is 5.91 Å². The van der Waals surface area contributed by atoms with Crippen LogP contribution in [0, 0.1) is 0 Å². The first-order valence-electron chi connectivity index (χ1n) is 6.92. The first kappa shape index (κ1) is 12.2. The van der Waals surface area contributed by atoms with Gasteiger partial charge in [-0.1, -0.05) is 34.1 Å². The normalized spacial score (nSPS) is 17.4. The van der Waals surface area contributed by atoms with E-state index in [2.05, 4.69) is 40.2 Å². The predicted molar refractivity (Wildman–Crippen MR) is 83.1 cm³/mol. The highest BCUT2D eigenvalue weighted by atomic mass is 79.9. The van der Waals surface area contributed by atoms with Crippen molar-refractivity contribution in [1.82, 2.24) is 0 Å². The van der Waals surface area contributed by atoms with Crippen molar-refractivity contribution in [2.45, 2.75) is 25.3 Å². The molecule has 0 radical (unpaired) electrons. The Morgan fingerprint density at radius 2 is 1.80 bits per heavy atom. The molecule has 100 valence electrons. The van der Waals surface area contributed by atoms with Crippen LogP contribution >= 0.6 is 15.9 Å². The van der Waals surface area contributed by atoms with Crippen molar-refractivity contribution in [3.05, 3.63) is 63.6 Å². The van der Waals surface area contributed by atoms with Crippen molar-refractivity contribution in [3.63, 3.8) is 0 Å². The van der Waals surface area contributed by atoms with Crippen molar-refractivity contribution < 1.29 is 4.79 Å². The van der Waals surface area contributed by atoms with Crippen LogP contribution in [0.5, 0.6) is 0 Å². The van der Waals surface area contributed by atoms with Gasteiger partial charge in [0.15, 0.2) is 0 Å². The second kappa shape index (κ2) is 4.45. The highest BCUT2D eigenvalue weighted by Crippen LogP contribution is 2.40. The van der Waals surface area contributed by atoms with E-state index in [9.17, 15) is 4.79 Å². The Hall–Kier alpha value is -1.61. The van der Waals surface area contributed by atoms with E-state index < -0.39 is 0 Å². The zero-order valence-electron chi connectivity index (χ0n) is 11.0. The summed E-state index contributed by atoms with van der Waals surface area (Å²) in [6.07, 6.45) is 2.61. The first-order chi connectivity index (χ1) is 9.72. The maximum atomic E-state index is 12.5. The molecule has 20 heavy (non-hydrogen) atoms. The van der Waals surface area contributed by atoms with Crippen molar-refractivity contribution in [2.75, 3.05) is 4.90 Å². The summed E-state index contributed by atoms with van der Waals surface area (Å²) in [6.45, 7) is 0.671. The Labute approximate surface area is 126 Å². The van der Waals surface area contributed by atoms with Crippen LogP contribution in [0.4, 0.5) is 5.69 Å². The number of hydrogen-bond acceptors (Lipinski definition) is 1. The number of carbonyl (C=O) groups excluding carboxylic acids is 1. The molecule has 1 aliphatic heterocycles. The van der Waals surface area contributed by atoms with Gasteiger partial charge in [0.1, 0.15) is 0 Å². The highest BCUT2D eigenvalue weighted by molar-refractivity contribution is 9.10. The van der Waals surface area contributed by atoms with Crippen LogP contribution in [-0.4, -0.2) is 5.91 Å². The molecule has 0 atom stereocenters. The fourth-order valence-corrected chi connectivity index (χ4v) is 3.19. The number of hydrogen-bond donors (Lipinski definition) is 0. The fraction of sp³-hybridized carbons (Fsp3) is 0.235. The summed E-state index contributed by atoms with van der Waals surface area (Å²) in [5.41, 5.74) is 4.31. The average molecular weight is 328 g/mol. The molecule has 0 saturated heterocycles. The van der Waals surface area contributed by atoms with Gasteiger partial charge in [-0.15, -0.1) is 0 Å². The lowest BCUT2D eigenvalue weighted by Gasteiger charge is -2.16. The third kappa shape index (κ3) is 1.97. The predicted octanol–water partition coefficient (Wildman–Crippen LogP) is 4.49. The molecular weight excluding hydrogens is 314 g/mol. The molecule has 1 heterocycles. The molecule has 1 saturated carbocycles. The summed E-state index contributed by atoms with van der Waals surface area (Å²) in [5, 5.41) is 0. The lowest BCUT2D eigenvalue weighted by molar-refractivity contribution is 0.0996. The van der Waals surface area contributed by atoms with Gasteiger partial charge in [0.05, 0.1) is 6.54 Å². The number of amides is 1. The van der Waals surface area contributed by atoms with Crippen LogP contribution in [0.1, 0.15) is 40.2 Å². The number of benzene rings is 2. The van der Waals surface area contributed by atoms with E-state index in [0.717, 1.165) is 27.2 Å². The zero-order valence-corrected chi connectivity index (χ0v) is 12.6. The van der Waals surface area contributed by atoms with Crippen LogP contribution in [-0.2, 0) is 6.54 Å². The van der Waals surface area contributed by atoms with Gasteiger partial charge in [0.25, 0.3) is 5.91 Å². The zero-order chi connectivity index (χ0) is 13.7. The van der Waals surface area contributed by atoms with E-state index >= 15 is 0 Å². The number of halogens is 1. The van der Waals surface area contributed by atoms with E-state index in [1.807, 2.05) is 23.1 Å². The molecule has 1 amide bonds. The lowest BCUT2D eigenvalue weighted by atomic mass is 10.1. The molecule has 4 rings (SSSR count). The van der Waals surface area contributed by atoms with Gasteiger partial charge >= 0.3 is 0 Å². The standard InChI is InChI=1S/C17H14BrNO/c18-14-6-3-13-10-19(17(20)16(13)9-14)15-7-4-12(5-8-15)11-1-2-11/h3-9,11H,1-2,10H2. The number of nitrogens with zero attached hydrogens (tertiary/aromatic N) is 1. The third-order valence-electron chi connectivity index (χ3n) is 4.13. The van der Waals surface area contributed by atoms with Crippen molar-refractivity contribution in [1.29, 1.82) is 0 Å². The van der Waals surface area contributed by atoms with Gasteiger partial charge in [-0.3, -0.25) is 4.79 Å². The van der Waals surface area contributed by atoms with E-state index in [0.29, 0.717) is 6.54 Å². The topological polar surface area (TPSA) is 20.3 Å². The van der Waals surface area contributed by atoms with Gasteiger partial charge in [-0.05, 0) is 54.2 Å². The molecule has 2 nitrogen and oxygen atoms in total. The van der Waals surface area contributed by atoms with E-state index in [1.54, 1.807) is 0 Å². The first-order valence-corrected chi connectivity index (χ1v) is 7.72. The minimum absolute atomic E-state index is 0.0977. The number of fused-ring (bicyclic) bond motifs is 1. The van der Waals surface area contributed by atoms with Crippen LogP contribution in [0.25, 0.3) is 0 Å². The van der Waals surface area contributed by atoms with Crippen LogP contribution < -0.4 is 4.90 Å². The largest absolute Gasteiger partial charge is 0.304 e. The van der Waals surface area contributed by atoms with E-state index in [1.165, 1.54) is 18.4 Å². The molecule has 2 aromatic rings. The Kier molecular flexibility index (Phi) is 2.71. The van der Waals surface area contributed by atoms with Crippen molar-refractivity contribution in [3.8, 4) is 0 Å². The Morgan fingerprint density at radius 1 is 1.05 bits per heavy atom. The van der Waals surface area contributed by atoms with E-state index in [4.69, 9.17) is 0 Å². The maximum Gasteiger partial charge on any atom is 0.258 e. The van der Waals surface area contributed by atoms with Crippen molar-refractivity contribution in [2.24, 2.45) is 0 Å². The van der Waals surface area contributed by atoms with Gasteiger partial charge in [-0.25, -0.2) is 0 Å². The molecule has 0 N–H and O–H groups in total. The quantitative estimate of drug-likeness (QED) is 0.795. The highest BCUT2D eigenvalue weighted by Gasteiger charge is 2.29. The minimum atomic E-state index is 0.0977. The van der Waals surface area contributed by atoms with Gasteiger partial charge in [0.2, 0.25) is 0 Å². The SMILES string of the molecule is O=C1c2cc(Br)ccc2CN1c1ccc(C2CC2)cc1. The summed E-state index contributed by atoms with van der Waals surface area (Å²) in [6, 6.07) is 14.4. The Bertz CT molecular complexity index is 689. The smallest absolute Gasteiger partial charge is 0.258 e. The molecule has 2 aromatic carbocycles. The van der Waals surface area contributed by atoms with Crippen molar-refractivity contribution >= 4 is 27.5 Å². The Morgan fingerprint density at radius 3 is 2.50 bits per heavy atom. The molecule has 0 bridgehead atoms. The van der Waals surface area contributed by atoms with Gasteiger partial charge in [-0.2, -0.15) is 0 Å². The number of anilines is 1. The Balaban J connectivity index is 1.65. The fourth-order valence-electron chi connectivity index (χ4n) is 2.82. The average Bonchev–Trinajstić information content (AvgIpc) is 3.26. The minimum Gasteiger partial charge on any atom is -0.304 e. The molecule has 1 fully saturated rings. The summed E-state index contributed by atoms with van der Waals surface area (Å²) in [4.78, 5) is 14.3. The second-order valence-corrected chi connectivity index (χ2v) is 6.47. The molecule has 3 heteroatoms. The molecular formula is C17H14BrNO. The molecule has 0 aromatic heterocycles. The van der Waals surface area contributed by atoms with Gasteiger partial charge < -0.3 is 4.90 Å². The third-order valence-corrected chi connectivity index (χ3v) is 4.62.